The zero-order valence-corrected chi connectivity index (χ0v) is 15.1. The van der Waals surface area contributed by atoms with Crippen LogP contribution >= 0.6 is 11.6 Å². The number of nitrogens with two attached hydrogens (primary N) is 1. The van der Waals surface area contributed by atoms with Crippen LogP contribution in [0.2, 0.25) is 5.02 Å². The van der Waals surface area contributed by atoms with Crippen LogP contribution in [0.3, 0.4) is 0 Å². The van der Waals surface area contributed by atoms with Gasteiger partial charge >= 0.3 is 0 Å². The zero-order valence-electron chi connectivity index (χ0n) is 14.4. The molecule has 1 aromatic carbocycles. The molecular weight excluding hydrogens is 342 g/mol. The van der Waals surface area contributed by atoms with Crippen molar-refractivity contribution in [2.75, 3.05) is 5.32 Å². The van der Waals surface area contributed by atoms with Gasteiger partial charge in [-0.25, -0.2) is 0 Å². The molecule has 132 valence electrons. The van der Waals surface area contributed by atoms with Gasteiger partial charge in [-0.1, -0.05) is 24.6 Å². The van der Waals surface area contributed by atoms with Gasteiger partial charge in [0.05, 0.1) is 16.8 Å². The van der Waals surface area contributed by atoms with Gasteiger partial charge in [0.1, 0.15) is 11.8 Å². The van der Waals surface area contributed by atoms with Gasteiger partial charge in [-0.15, -0.1) is 0 Å². The highest BCUT2D eigenvalue weighted by atomic mass is 35.5. The minimum Gasteiger partial charge on any atom is -0.326 e. The molecule has 0 saturated carbocycles. The molecule has 6 nitrogen and oxygen atoms in total. The summed E-state index contributed by atoms with van der Waals surface area (Å²) in [5.41, 5.74) is 0.149. The Bertz CT molecular complexity index is 811. The van der Waals surface area contributed by atoms with Crippen molar-refractivity contribution in [1.82, 2.24) is 4.90 Å². The Kier molecular flexibility index (Phi) is 3.50. The number of carbonyl (C=O) groups excluding carboxylic acids is 3. The maximum atomic E-state index is 13.2. The van der Waals surface area contributed by atoms with E-state index in [1.807, 2.05) is 32.2 Å². The summed E-state index contributed by atoms with van der Waals surface area (Å²) in [5, 5.41) is 5.17. The van der Waals surface area contributed by atoms with Gasteiger partial charge in [-0.2, -0.15) is 0 Å². The van der Waals surface area contributed by atoms with Crippen LogP contribution in [-0.2, 0) is 19.9 Å². The molecule has 0 radical (unpaired) electrons. The SMILES string of the molecule is CC[C@H](C)N1C(=O)[C@@H]2[C@H](C)[NH2+][C@@]3(C(=O)Nc4c(Cl)cccc43)[C@@H]2C1=O. The van der Waals surface area contributed by atoms with Crippen LogP contribution in [-0.4, -0.2) is 34.7 Å². The van der Waals surface area contributed by atoms with Crippen molar-refractivity contribution in [1.29, 1.82) is 0 Å². The Morgan fingerprint density at radius 2 is 2.04 bits per heavy atom. The number of benzene rings is 1. The van der Waals surface area contributed by atoms with Crippen molar-refractivity contribution < 1.29 is 19.7 Å². The van der Waals surface area contributed by atoms with E-state index >= 15 is 0 Å². The number of para-hydroxylation sites is 1. The van der Waals surface area contributed by atoms with Crippen LogP contribution in [0.5, 0.6) is 0 Å². The first-order chi connectivity index (χ1) is 11.8. The molecule has 2 fully saturated rings. The maximum Gasteiger partial charge on any atom is 0.291 e. The molecule has 25 heavy (non-hydrogen) atoms. The lowest BCUT2D eigenvalue weighted by atomic mass is 9.76. The van der Waals surface area contributed by atoms with Gasteiger partial charge in [-0.3, -0.25) is 19.3 Å². The van der Waals surface area contributed by atoms with Crippen LogP contribution in [0.4, 0.5) is 5.69 Å². The molecular formula is C18H21ClN3O3+. The lowest BCUT2D eigenvalue weighted by Crippen LogP contribution is -2.98. The normalized spacial score (nSPS) is 34.5. The standard InChI is InChI=1S/C18H20ClN3O3/c1-4-8(2)22-15(23)12-9(3)21-18(13(12)16(22)24)10-6-5-7-11(19)14(10)20-17(18)25/h5-9,12-13,21H,4H2,1-3H3,(H,20,25)/p+1/t8-,9-,12+,13-,18+/m0/s1. The predicted molar refractivity (Wildman–Crippen MR) is 91.7 cm³/mol. The van der Waals surface area contributed by atoms with E-state index in [4.69, 9.17) is 11.6 Å². The first kappa shape index (κ1) is 16.5. The van der Waals surface area contributed by atoms with Crippen molar-refractivity contribution in [2.24, 2.45) is 11.8 Å². The molecule has 0 aromatic heterocycles. The number of hydrogen-bond donors (Lipinski definition) is 2. The highest BCUT2D eigenvalue weighted by molar-refractivity contribution is 6.35. The third-order valence-corrected chi connectivity index (χ3v) is 6.39. The van der Waals surface area contributed by atoms with Gasteiger partial charge in [-0.05, 0) is 32.4 Å². The fraction of sp³-hybridized carbons (Fsp3) is 0.500. The molecule has 3 aliphatic heterocycles. The number of fused-ring (bicyclic) bond motifs is 4. The smallest absolute Gasteiger partial charge is 0.291 e. The van der Waals surface area contributed by atoms with E-state index in [0.717, 1.165) is 0 Å². The number of hydrogen-bond acceptors (Lipinski definition) is 3. The molecule has 1 aromatic rings. The third-order valence-electron chi connectivity index (χ3n) is 6.07. The summed E-state index contributed by atoms with van der Waals surface area (Å²) in [6.45, 7) is 5.73. The molecule has 3 aliphatic rings. The molecule has 5 atom stereocenters. The third kappa shape index (κ3) is 1.87. The topological polar surface area (TPSA) is 83.1 Å². The lowest BCUT2D eigenvalue weighted by Gasteiger charge is -2.28. The van der Waals surface area contributed by atoms with Crippen LogP contribution in [0, 0.1) is 11.8 Å². The summed E-state index contributed by atoms with van der Waals surface area (Å²) in [4.78, 5) is 40.6. The zero-order chi connectivity index (χ0) is 18.1. The Morgan fingerprint density at radius 3 is 2.72 bits per heavy atom. The highest BCUT2D eigenvalue weighted by Gasteiger charge is 2.73. The van der Waals surface area contributed by atoms with Crippen molar-refractivity contribution >= 4 is 35.0 Å². The van der Waals surface area contributed by atoms with E-state index in [1.54, 1.807) is 12.1 Å². The number of anilines is 1. The minimum absolute atomic E-state index is 0.159. The molecule has 3 N–H and O–H groups in total. The van der Waals surface area contributed by atoms with Crippen molar-refractivity contribution in [3.05, 3.63) is 28.8 Å². The largest absolute Gasteiger partial charge is 0.326 e. The fourth-order valence-electron chi connectivity index (χ4n) is 4.77. The Hall–Kier alpha value is -1.92. The number of halogens is 1. The summed E-state index contributed by atoms with van der Waals surface area (Å²) in [6, 6.07) is 4.99. The van der Waals surface area contributed by atoms with Crippen LogP contribution in [0.1, 0.15) is 32.8 Å². The predicted octanol–water partition coefficient (Wildman–Crippen LogP) is 0.853. The average molecular weight is 363 g/mol. The summed E-state index contributed by atoms with van der Waals surface area (Å²) in [5.74, 6) is -1.84. The Balaban J connectivity index is 1.89. The summed E-state index contributed by atoms with van der Waals surface area (Å²) in [7, 11) is 0. The molecule has 4 rings (SSSR count). The minimum atomic E-state index is -1.11. The number of likely N-dealkylation sites (tertiary alicyclic amines) is 1. The molecule has 0 bridgehead atoms. The molecule has 1 spiro atoms. The van der Waals surface area contributed by atoms with Gasteiger partial charge in [0, 0.05) is 11.6 Å². The number of carbonyl (C=O) groups is 3. The van der Waals surface area contributed by atoms with Crippen molar-refractivity contribution in [3.8, 4) is 0 Å². The van der Waals surface area contributed by atoms with Gasteiger partial charge in [0.2, 0.25) is 17.4 Å². The van der Waals surface area contributed by atoms with E-state index in [0.29, 0.717) is 22.7 Å². The molecule has 0 aliphatic carbocycles. The summed E-state index contributed by atoms with van der Waals surface area (Å²) < 4.78 is 0. The summed E-state index contributed by atoms with van der Waals surface area (Å²) in [6.07, 6.45) is 0.691. The quantitative estimate of drug-likeness (QED) is 0.765. The number of rotatable bonds is 2. The Morgan fingerprint density at radius 1 is 1.32 bits per heavy atom. The van der Waals surface area contributed by atoms with Crippen molar-refractivity contribution in [3.63, 3.8) is 0 Å². The van der Waals surface area contributed by atoms with Crippen LogP contribution in [0.25, 0.3) is 0 Å². The fourth-order valence-corrected chi connectivity index (χ4v) is 4.99. The molecule has 0 unspecified atom stereocenters. The first-order valence-corrected chi connectivity index (χ1v) is 9.05. The first-order valence-electron chi connectivity index (χ1n) is 8.68. The second kappa shape index (κ2) is 5.29. The second-order valence-corrected chi connectivity index (χ2v) is 7.73. The maximum absolute atomic E-state index is 13.2. The average Bonchev–Trinajstić information content (AvgIpc) is 3.13. The number of amides is 3. The van der Waals surface area contributed by atoms with Crippen LogP contribution in [0.15, 0.2) is 18.2 Å². The molecule has 7 heteroatoms. The van der Waals surface area contributed by atoms with E-state index in [1.165, 1.54) is 4.90 Å². The molecule has 2 saturated heterocycles. The Labute approximate surface area is 150 Å². The second-order valence-electron chi connectivity index (χ2n) is 7.32. The number of nitrogens with zero attached hydrogens (tertiary/aromatic N) is 1. The van der Waals surface area contributed by atoms with Gasteiger partial charge in [0.15, 0.2) is 0 Å². The highest BCUT2D eigenvalue weighted by Crippen LogP contribution is 2.50. The van der Waals surface area contributed by atoms with E-state index in [-0.39, 0.29) is 29.8 Å². The number of quaternary nitrogens is 1. The van der Waals surface area contributed by atoms with Gasteiger partial charge in [0.25, 0.3) is 5.91 Å². The molecule has 3 heterocycles. The number of nitrogens with one attached hydrogen (secondary N) is 1. The van der Waals surface area contributed by atoms with E-state index in [9.17, 15) is 14.4 Å². The van der Waals surface area contributed by atoms with E-state index < -0.39 is 17.4 Å². The van der Waals surface area contributed by atoms with E-state index in [2.05, 4.69) is 5.32 Å². The monoisotopic (exact) mass is 362 g/mol. The lowest BCUT2D eigenvalue weighted by molar-refractivity contribution is -0.730. The van der Waals surface area contributed by atoms with Crippen LogP contribution < -0.4 is 10.6 Å². The number of imide groups is 1. The van der Waals surface area contributed by atoms with Gasteiger partial charge < -0.3 is 10.6 Å². The summed E-state index contributed by atoms with van der Waals surface area (Å²) >= 11 is 6.25. The van der Waals surface area contributed by atoms with Crippen molar-refractivity contribution in [2.45, 2.75) is 44.8 Å². The molecule has 3 amide bonds.